The summed E-state index contributed by atoms with van der Waals surface area (Å²) in [7, 11) is 0. The lowest BCUT2D eigenvalue weighted by atomic mass is 9.67. The number of carbonyl (C=O) groups excluding carboxylic acids is 3. The van der Waals surface area contributed by atoms with Crippen molar-refractivity contribution in [2.75, 3.05) is 6.61 Å². The van der Waals surface area contributed by atoms with E-state index in [1.54, 1.807) is 6.92 Å². The number of ketones is 1. The van der Waals surface area contributed by atoms with E-state index < -0.39 is 11.4 Å². The van der Waals surface area contributed by atoms with E-state index in [1.165, 1.54) is 0 Å². The number of hydrogen-bond acceptors (Lipinski definition) is 5. The first-order chi connectivity index (χ1) is 11.4. The summed E-state index contributed by atoms with van der Waals surface area (Å²) in [4.78, 5) is 36.3. The fraction of sp³-hybridized carbons (Fsp3) is 0.778. The van der Waals surface area contributed by atoms with Crippen molar-refractivity contribution >= 4 is 17.7 Å². The number of amides is 1. The average Bonchev–Trinajstić information content (AvgIpc) is 3.37. The molecule has 24 heavy (non-hydrogen) atoms. The molecule has 130 valence electrons. The van der Waals surface area contributed by atoms with Crippen LogP contribution in [0.5, 0.6) is 0 Å². The van der Waals surface area contributed by atoms with Gasteiger partial charge >= 0.3 is 5.97 Å². The number of nitrogens with one attached hydrogen (secondary N) is 1. The molecule has 0 aliphatic heterocycles. The lowest BCUT2D eigenvalue weighted by Gasteiger charge is -2.36. The third kappa shape index (κ3) is 3.45. The molecule has 6 nitrogen and oxygen atoms in total. The van der Waals surface area contributed by atoms with Crippen molar-refractivity contribution in [3.8, 4) is 6.07 Å². The van der Waals surface area contributed by atoms with Gasteiger partial charge in [0.2, 0.25) is 0 Å². The monoisotopic (exact) mass is 332 g/mol. The van der Waals surface area contributed by atoms with Crippen LogP contribution in [-0.2, 0) is 19.1 Å². The standard InChI is InChI=1S/C18H24N2O4/c1-18(10-19,14-5-6-14)20-15(21)9-24-17(23)13-7-11-3-2-4-12(8-13)16(11)22/h11-14H,2-9H2,1H3,(H,20,21)/t11-,12+,13?,18-/m1/s1. The predicted octanol–water partition coefficient (Wildman–Crippen LogP) is 1.73. The van der Waals surface area contributed by atoms with Crippen LogP contribution >= 0.6 is 0 Å². The van der Waals surface area contributed by atoms with Gasteiger partial charge < -0.3 is 10.1 Å². The highest BCUT2D eigenvalue weighted by Crippen LogP contribution is 2.41. The van der Waals surface area contributed by atoms with Gasteiger partial charge in [0, 0.05) is 11.8 Å². The maximum absolute atomic E-state index is 12.2. The van der Waals surface area contributed by atoms with Gasteiger partial charge in [-0.25, -0.2) is 0 Å². The summed E-state index contributed by atoms with van der Waals surface area (Å²) >= 11 is 0. The smallest absolute Gasteiger partial charge is 0.309 e. The zero-order valence-corrected chi connectivity index (χ0v) is 14.0. The molecule has 2 bridgehead atoms. The summed E-state index contributed by atoms with van der Waals surface area (Å²) < 4.78 is 5.16. The van der Waals surface area contributed by atoms with Gasteiger partial charge in [0.25, 0.3) is 5.91 Å². The first kappa shape index (κ1) is 16.9. The fourth-order valence-corrected chi connectivity index (χ4v) is 4.13. The number of rotatable bonds is 5. The molecule has 3 rings (SSSR count). The second-order valence-corrected chi connectivity index (χ2v) is 7.64. The van der Waals surface area contributed by atoms with Crippen molar-refractivity contribution < 1.29 is 19.1 Å². The van der Waals surface area contributed by atoms with E-state index in [1.807, 2.05) is 0 Å². The lowest BCUT2D eigenvalue weighted by Crippen LogP contribution is -2.48. The van der Waals surface area contributed by atoms with Crippen LogP contribution in [-0.4, -0.2) is 29.8 Å². The third-order valence-corrected chi connectivity index (χ3v) is 5.75. The Labute approximate surface area is 141 Å². The number of nitrogens with zero attached hydrogens (tertiary/aromatic N) is 1. The quantitative estimate of drug-likeness (QED) is 0.774. The van der Waals surface area contributed by atoms with Gasteiger partial charge in [0.1, 0.15) is 11.3 Å². The summed E-state index contributed by atoms with van der Waals surface area (Å²) in [6, 6.07) is 2.14. The maximum atomic E-state index is 12.2. The predicted molar refractivity (Wildman–Crippen MR) is 84.4 cm³/mol. The molecule has 0 spiro atoms. The molecule has 1 unspecified atom stereocenters. The van der Waals surface area contributed by atoms with Crippen LogP contribution in [0.25, 0.3) is 0 Å². The Bertz CT molecular complexity index is 576. The zero-order valence-electron chi connectivity index (χ0n) is 14.0. The Kier molecular flexibility index (Phi) is 4.62. The van der Waals surface area contributed by atoms with Crippen molar-refractivity contribution in [1.29, 1.82) is 5.26 Å². The minimum absolute atomic E-state index is 0.0133. The highest BCUT2D eigenvalue weighted by molar-refractivity contribution is 5.88. The van der Waals surface area contributed by atoms with Gasteiger partial charge in [-0.05, 0) is 51.4 Å². The summed E-state index contributed by atoms with van der Waals surface area (Å²) in [6.07, 6.45) is 5.75. The molecule has 0 aromatic rings. The first-order valence-electron chi connectivity index (χ1n) is 8.85. The number of carbonyl (C=O) groups is 3. The topological polar surface area (TPSA) is 96.3 Å². The van der Waals surface area contributed by atoms with Gasteiger partial charge in [-0.15, -0.1) is 0 Å². The van der Waals surface area contributed by atoms with Crippen LogP contribution in [0.15, 0.2) is 0 Å². The number of esters is 1. The molecule has 1 N–H and O–H groups in total. The van der Waals surface area contributed by atoms with Crippen LogP contribution < -0.4 is 5.32 Å². The fourth-order valence-electron chi connectivity index (χ4n) is 4.13. The van der Waals surface area contributed by atoms with Crippen LogP contribution in [0.3, 0.4) is 0 Å². The van der Waals surface area contributed by atoms with E-state index in [9.17, 15) is 19.6 Å². The van der Waals surface area contributed by atoms with Crippen LogP contribution in [0, 0.1) is 35.0 Å². The molecule has 3 aliphatic carbocycles. The van der Waals surface area contributed by atoms with E-state index in [4.69, 9.17) is 4.74 Å². The summed E-state index contributed by atoms with van der Waals surface area (Å²) in [6.45, 7) is 1.35. The van der Waals surface area contributed by atoms with Gasteiger partial charge in [-0.2, -0.15) is 5.26 Å². The van der Waals surface area contributed by atoms with Gasteiger partial charge in [-0.3, -0.25) is 14.4 Å². The average molecular weight is 332 g/mol. The van der Waals surface area contributed by atoms with E-state index in [0.717, 1.165) is 32.1 Å². The molecule has 0 aromatic carbocycles. The zero-order chi connectivity index (χ0) is 17.3. The van der Waals surface area contributed by atoms with Crippen LogP contribution in [0.4, 0.5) is 0 Å². The van der Waals surface area contributed by atoms with Crippen molar-refractivity contribution in [3.63, 3.8) is 0 Å². The van der Waals surface area contributed by atoms with Crippen LogP contribution in [0.2, 0.25) is 0 Å². The SMILES string of the molecule is C[C@](C#N)(NC(=O)COC(=O)C1C[C@H]2CCC[C@@H](C1)C2=O)C1CC1. The minimum atomic E-state index is -0.877. The Morgan fingerprint density at radius 3 is 2.42 bits per heavy atom. The summed E-state index contributed by atoms with van der Waals surface area (Å²) in [5.74, 6) is -0.646. The molecule has 0 radical (unpaired) electrons. The van der Waals surface area contributed by atoms with Crippen molar-refractivity contribution in [3.05, 3.63) is 0 Å². The normalized spacial score (nSPS) is 31.5. The maximum Gasteiger partial charge on any atom is 0.309 e. The molecule has 1 amide bonds. The molecule has 4 atom stereocenters. The summed E-state index contributed by atoms with van der Waals surface area (Å²) in [5.41, 5.74) is -0.877. The van der Waals surface area contributed by atoms with Crippen molar-refractivity contribution in [1.82, 2.24) is 5.32 Å². The first-order valence-corrected chi connectivity index (χ1v) is 8.85. The van der Waals surface area contributed by atoms with Gasteiger partial charge in [0.15, 0.2) is 6.61 Å². The van der Waals surface area contributed by atoms with Crippen molar-refractivity contribution in [2.45, 2.75) is 57.4 Å². The molecule has 3 fully saturated rings. The van der Waals surface area contributed by atoms with Crippen LogP contribution in [0.1, 0.15) is 51.9 Å². The lowest BCUT2D eigenvalue weighted by molar-refractivity contribution is -0.157. The number of nitriles is 1. The van der Waals surface area contributed by atoms with Crippen molar-refractivity contribution in [2.24, 2.45) is 23.7 Å². The molecule has 0 heterocycles. The minimum Gasteiger partial charge on any atom is -0.455 e. The molecule has 3 aliphatic rings. The largest absolute Gasteiger partial charge is 0.455 e. The van der Waals surface area contributed by atoms with E-state index in [0.29, 0.717) is 18.6 Å². The Morgan fingerprint density at radius 2 is 1.88 bits per heavy atom. The molecular weight excluding hydrogens is 308 g/mol. The van der Waals surface area contributed by atoms with Gasteiger partial charge in [0.05, 0.1) is 12.0 Å². The van der Waals surface area contributed by atoms with Gasteiger partial charge in [-0.1, -0.05) is 6.42 Å². The summed E-state index contributed by atoms with van der Waals surface area (Å²) in [5, 5.41) is 11.9. The molecule has 3 saturated carbocycles. The highest BCUT2D eigenvalue weighted by Gasteiger charge is 2.44. The molecule has 0 aromatic heterocycles. The Balaban J connectivity index is 1.48. The third-order valence-electron chi connectivity index (χ3n) is 5.75. The Morgan fingerprint density at radius 1 is 1.25 bits per heavy atom. The van der Waals surface area contributed by atoms with E-state index in [-0.39, 0.29) is 36.2 Å². The molecule has 0 saturated heterocycles. The Hall–Kier alpha value is -1.90. The van der Waals surface area contributed by atoms with E-state index >= 15 is 0 Å². The molecular formula is C18H24N2O4. The second kappa shape index (κ2) is 6.54. The second-order valence-electron chi connectivity index (χ2n) is 7.64. The number of fused-ring (bicyclic) bond motifs is 2. The number of hydrogen-bond donors (Lipinski definition) is 1. The van der Waals surface area contributed by atoms with E-state index in [2.05, 4.69) is 11.4 Å². The molecule has 6 heteroatoms. The highest BCUT2D eigenvalue weighted by atomic mass is 16.5. The number of ether oxygens (including phenoxy) is 1. The number of Topliss-reactive ketones (excluding diaryl/α,β-unsaturated/α-hetero) is 1.